The monoisotopic (exact) mass is 374 g/mol. The summed E-state index contributed by atoms with van der Waals surface area (Å²) in [6.45, 7) is 0. The van der Waals surface area contributed by atoms with Crippen molar-refractivity contribution in [2.45, 2.75) is 12.8 Å². The molecule has 0 saturated heterocycles. The number of carbonyl (C=O) groups excluding carboxylic acids is 2. The number of rotatable bonds is 7. The van der Waals surface area contributed by atoms with Crippen LogP contribution in [-0.4, -0.2) is 38.3 Å². The lowest BCUT2D eigenvalue weighted by molar-refractivity contribution is -0.121. The van der Waals surface area contributed by atoms with Crippen LogP contribution in [-0.2, 0) is 11.2 Å². The minimum Gasteiger partial charge on any atom is -0.507 e. The Morgan fingerprint density at radius 3 is 2.15 bits per heavy atom. The first-order valence-corrected chi connectivity index (χ1v) is 8.16. The van der Waals surface area contributed by atoms with Crippen LogP contribution in [0, 0.1) is 0 Å². The van der Waals surface area contributed by atoms with Crippen molar-refractivity contribution >= 4 is 11.8 Å². The third-order valence-corrected chi connectivity index (χ3v) is 3.83. The Morgan fingerprint density at radius 1 is 0.963 bits per heavy atom. The van der Waals surface area contributed by atoms with Crippen LogP contribution >= 0.6 is 0 Å². The third kappa shape index (κ3) is 5.04. The summed E-state index contributed by atoms with van der Waals surface area (Å²) < 4.78 is 15.8. The highest BCUT2D eigenvalue weighted by Gasteiger charge is 2.15. The lowest BCUT2D eigenvalue weighted by Gasteiger charge is -2.14. The van der Waals surface area contributed by atoms with Crippen LogP contribution in [0.5, 0.6) is 23.0 Å². The molecule has 0 aliphatic rings. The van der Waals surface area contributed by atoms with Crippen LogP contribution in [0.15, 0.2) is 36.4 Å². The number of phenols is 1. The van der Waals surface area contributed by atoms with Gasteiger partial charge in [0.25, 0.3) is 5.91 Å². The van der Waals surface area contributed by atoms with Crippen LogP contribution in [0.4, 0.5) is 0 Å². The van der Waals surface area contributed by atoms with E-state index in [2.05, 4.69) is 10.9 Å². The second-order valence-electron chi connectivity index (χ2n) is 5.55. The standard InChI is InChI=1S/C19H22N2O6/c1-25-15-10-12(11-16(26-2)18(15)27-3)8-9-17(23)20-21-19(24)13-6-4-5-7-14(13)22/h4-7,10-11,22H,8-9H2,1-3H3,(H,20,23)(H,21,24). The van der Waals surface area contributed by atoms with E-state index >= 15 is 0 Å². The molecule has 0 heterocycles. The number of benzene rings is 2. The van der Waals surface area contributed by atoms with Gasteiger partial charge in [-0.15, -0.1) is 0 Å². The van der Waals surface area contributed by atoms with E-state index in [4.69, 9.17) is 14.2 Å². The maximum Gasteiger partial charge on any atom is 0.273 e. The molecule has 3 N–H and O–H groups in total. The summed E-state index contributed by atoms with van der Waals surface area (Å²) in [6.07, 6.45) is 0.523. The first-order valence-electron chi connectivity index (χ1n) is 8.16. The first-order chi connectivity index (χ1) is 13.0. The van der Waals surface area contributed by atoms with E-state index in [9.17, 15) is 14.7 Å². The zero-order valence-corrected chi connectivity index (χ0v) is 15.4. The van der Waals surface area contributed by atoms with Crippen LogP contribution in [0.2, 0.25) is 0 Å². The summed E-state index contributed by atoms with van der Waals surface area (Å²) in [7, 11) is 4.55. The van der Waals surface area contributed by atoms with Crippen molar-refractivity contribution < 1.29 is 28.9 Å². The number of aromatic hydroxyl groups is 1. The van der Waals surface area contributed by atoms with Crippen molar-refractivity contribution in [2.24, 2.45) is 0 Å². The van der Waals surface area contributed by atoms with Gasteiger partial charge in [-0.05, 0) is 36.2 Å². The topological polar surface area (TPSA) is 106 Å². The van der Waals surface area contributed by atoms with Crippen molar-refractivity contribution in [3.8, 4) is 23.0 Å². The fourth-order valence-electron chi connectivity index (χ4n) is 2.46. The second kappa shape index (κ2) is 9.33. The Labute approximate surface area is 157 Å². The molecule has 0 unspecified atom stereocenters. The molecule has 0 aliphatic heterocycles. The lowest BCUT2D eigenvalue weighted by atomic mass is 10.1. The molecule has 144 valence electrons. The highest BCUT2D eigenvalue weighted by molar-refractivity contribution is 5.97. The van der Waals surface area contributed by atoms with Gasteiger partial charge in [-0.25, -0.2) is 0 Å². The van der Waals surface area contributed by atoms with Gasteiger partial charge in [0.2, 0.25) is 11.7 Å². The van der Waals surface area contributed by atoms with Crippen molar-refractivity contribution in [1.29, 1.82) is 0 Å². The van der Waals surface area contributed by atoms with Crippen LogP contribution in [0.3, 0.4) is 0 Å². The van der Waals surface area contributed by atoms with Gasteiger partial charge in [0.05, 0.1) is 26.9 Å². The van der Waals surface area contributed by atoms with Crippen LogP contribution in [0.25, 0.3) is 0 Å². The molecule has 0 aliphatic carbocycles. The van der Waals surface area contributed by atoms with E-state index in [1.165, 1.54) is 33.5 Å². The molecule has 2 amide bonds. The number of para-hydroxylation sites is 1. The molecular weight excluding hydrogens is 352 g/mol. The summed E-state index contributed by atoms with van der Waals surface area (Å²) in [5.74, 6) is 0.326. The second-order valence-corrected chi connectivity index (χ2v) is 5.55. The van der Waals surface area contributed by atoms with Gasteiger partial charge in [0.15, 0.2) is 11.5 Å². The van der Waals surface area contributed by atoms with E-state index in [0.717, 1.165) is 5.56 Å². The summed E-state index contributed by atoms with van der Waals surface area (Å²) in [6, 6.07) is 9.57. The number of aryl methyl sites for hydroxylation is 1. The number of carbonyl (C=O) groups is 2. The average Bonchev–Trinajstić information content (AvgIpc) is 2.69. The molecule has 0 bridgehead atoms. The molecule has 0 radical (unpaired) electrons. The molecule has 2 rings (SSSR count). The minimum absolute atomic E-state index is 0.0717. The SMILES string of the molecule is COc1cc(CCC(=O)NNC(=O)c2ccccc2O)cc(OC)c1OC. The number of methoxy groups -OCH3 is 3. The zero-order chi connectivity index (χ0) is 19.8. The first kappa shape index (κ1) is 19.9. The predicted molar refractivity (Wildman–Crippen MR) is 98.1 cm³/mol. The van der Waals surface area contributed by atoms with Crippen LogP contribution < -0.4 is 25.1 Å². The van der Waals surface area contributed by atoms with Gasteiger partial charge < -0.3 is 19.3 Å². The van der Waals surface area contributed by atoms with Crippen LogP contribution in [0.1, 0.15) is 22.3 Å². The molecule has 8 nitrogen and oxygen atoms in total. The van der Waals surface area contributed by atoms with E-state index in [0.29, 0.717) is 23.7 Å². The predicted octanol–water partition coefficient (Wildman–Crippen LogP) is 1.81. The highest BCUT2D eigenvalue weighted by Crippen LogP contribution is 2.38. The molecule has 27 heavy (non-hydrogen) atoms. The van der Waals surface area contributed by atoms with E-state index in [1.54, 1.807) is 24.3 Å². The summed E-state index contributed by atoms with van der Waals surface area (Å²) >= 11 is 0. The van der Waals surface area contributed by atoms with Gasteiger partial charge in [-0.2, -0.15) is 0 Å². The van der Waals surface area contributed by atoms with Crippen molar-refractivity contribution in [1.82, 2.24) is 10.9 Å². The maximum absolute atomic E-state index is 12.0. The molecule has 0 saturated carbocycles. The van der Waals surface area contributed by atoms with E-state index in [1.807, 2.05) is 0 Å². The molecule has 0 spiro atoms. The number of phenolic OH excluding ortho intramolecular Hbond substituents is 1. The largest absolute Gasteiger partial charge is 0.507 e. The number of hydrazine groups is 1. The molecule has 0 aromatic heterocycles. The van der Waals surface area contributed by atoms with E-state index in [-0.39, 0.29) is 23.6 Å². The fraction of sp³-hybridized carbons (Fsp3) is 0.263. The molecule has 8 heteroatoms. The van der Waals surface area contributed by atoms with Gasteiger partial charge in [-0.1, -0.05) is 12.1 Å². The summed E-state index contributed by atoms with van der Waals surface area (Å²) in [4.78, 5) is 23.9. The number of ether oxygens (including phenoxy) is 3. The molecule has 2 aromatic rings. The van der Waals surface area contributed by atoms with Gasteiger partial charge in [0, 0.05) is 6.42 Å². The Balaban J connectivity index is 1.94. The van der Waals surface area contributed by atoms with E-state index < -0.39 is 5.91 Å². The average molecular weight is 374 g/mol. The van der Waals surface area contributed by atoms with Gasteiger partial charge >= 0.3 is 0 Å². The summed E-state index contributed by atoms with van der Waals surface area (Å²) in [5.41, 5.74) is 5.48. The number of hydrogen-bond acceptors (Lipinski definition) is 6. The Bertz CT molecular complexity index is 797. The van der Waals surface area contributed by atoms with Crippen molar-refractivity contribution in [3.63, 3.8) is 0 Å². The zero-order valence-electron chi connectivity index (χ0n) is 15.4. The number of nitrogens with one attached hydrogen (secondary N) is 2. The van der Waals surface area contributed by atoms with Crippen molar-refractivity contribution in [3.05, 3.63) is 47.5 Å². The quantitative estimate of drug-likeness (QED) is 0.638. The maximum atomic E-state index is 12.0. The normalized spacial score (nSPS) is 10.0. The Hall–Kier alpha value is -3.42. The molecule has 0 fully saturated rings. The smallest absolute Gasteiger partial charge is 0.273 e. The third-order valence-electron chi connectivity index (χ3n) is 3.83. The fourth-order valence-corrected chi connectivity index (χ4v) is 2.46. The molecule has 0 atom stereocenters. The number of hydrogen-bond donors (Lipinski definition) is 3. The molecule has 2 aromatic carbocycles. The Kier molecular flexibility index (Phi) is 6.87. The van der Waals surface area contributed by atoms with Gasteiger partial charge in [0.1, 0.15) is 5.75 Å². The minimum atomic E-state index is -0.603. The van der Waals surface area contributed by atoms with Gasteiger partial charge in [-0.3, -0.25) is 20.4 Å². The Morgan fingerprint density at radius 2 is 1.59 bits per heavy atom. The number of amides is 2. The highest BCUT2D eigenvalue weighted by atomic mass is 16.5. The molecular formula is C19H22N2O6. The van der Waals surface area contributed by atoms with Crippen molar-refractivity contribution in [2.75, 3.05) is 21.3 Å². The summed E-state index contributed by atoms with van der Waals surface area (Å²) in [5, 5.41) is 9.63. The lowest BCUT2D eigenvalue weighted by Crippen LogP contribution is -2.41.